The average Bonchev–Trinajstić information content (AvgIpc) is 3.37. The molecule has 1 saturated carbocycles. The second-order valence-electron chi connectivity index (χ2n) is 7.58. The van der Waals surface area contributed by atoms with E-state index in [9.17, 15) is 0 Å². The number of aryl methyl sites for hydroxylation is 1. The maximum atomic E-state index is 6.07. The normalized spacial score (nSPS) is 14.1. The Morgan fingerprint density at radius 2 is 1.93 bits per heavy atom. The molecule has 3 aromatic rings. The Morgan fingerprint density at radius 3 is 2.59 bits per heavy atom. The zero-order chi connectivity index (χ0) is 18.8. The number of nitrogens with zero attached hydrogens (tertiary/aromatic N) is 4. The van der Waals surface area contributed by atoms with Gasteiger partial charge in [0.2, 0.25) is 0 Å². The average molecular weight is 381 g/mol. The minimum absolute atomic E-state index is 0.732. The number of aromatic nitrogens is 3. The lowest BCUT2D eigenvalue weighted by Gasteiger charge is -2.14. The van der Waals surface area contributed by atoms with Gasteiger partial charge in [0.25, 0.3) is 0 Å². The van der Waals surface area contributed by atoms with Gasteiger partial charge in [0, 0.05) is 42.6 Å². The second-order valence-corrected chi connectivity index (χ2v) is 8.02. The van der Waals surface area contributed by atoms with Gasteiger partial charge in [0.1, 0.15) is 5.69 Å². The number of pyridine rings is 1. The standard InChI is InChI=1S/C22H25ClN4/c1-16-3-10-21(24-13-16)22-25-19(11-12-26(2)14-17-4-5-17)15-27(22)20-8-6-18(23)7-9-20/h3,6-10,13,15,17H,4-5,11-12,14H2,1-2H3. The van der Waals surface area contributed by atoms with E-state index in [1.165, 1.54) is 19.4 Å². The Kier molecular flexibility index (Phi) is 5.28. The molecule has 4 rings (SSSR count). The Morgan fingerprint density at radius 1 is 1.15 bits per heavy atom. The summed E-state index contributed by atoms with van der Waals surface area (Å²) in [7, 11) is 2.21. The highest BCUT2D eigenvalue weighted by atomic mass is 35.5. The molecule has 0 aliphatic heterocycles. The summed E-state index contributed by atoms with van der Waals surface area (Å²) in [6, 6.07) is 12.0. The van der Waals surface area contributed by atoms with E-state index in [2.05, 4.69) is 33.8 Å². The molecule has 5 heteroatoms. The lowest BCUT2D eigenvalue weighted by molar-refractivity contribution is 0.323. The molecule has 0 radical (unpaired) electrons. The van der Waals surface area contributed by atoms with Crippen molar-refractivity contribution in [3.63, 3.8) is 0 Å². The second kappa shape index (κ2) is 7.83. The van der Waals surface area contributed by atoms with Crippen LogP contribution in [0.25, 0.3) is 17.2 Å². The van der Waals surface area contributed by atoms with Gasteiger partial charge < -0.3 is 4.90 Å². The Balaban J connectivity index is 1.61. The minimum Gasteiger partial charge on any atom is -0.306 e. The number of hydrogen-bond acceptors (Lipinski definition) is 3. The largest absolute Gasteiger partial charge is 0.306 e. The summed E-state index contributed by atoms with van der Waals surface area (Å²) >= 11 is 6.07. The van der Waals surface area contributed by atoms with Crippen molar-refractivity contribution in [2.24, 2.45) is 5.92 Å². The lowest BCUT2D eigenvalue weighted by Crippen LogP contribution is -2.23. The van der Waals surface area contributed by atoms with Crippen molar-refractivity contribution in [2.75, 3.05) is 20.1 Å². The van der Waals surface area contributed by atoms with E-state index in [1.807, 2.05) is 43.5 Å². The fourth-order valence-corrected chi connectivity index (χ4v) is 3.39. The number of imidazole rings is 1. The molecule has 27 heavy (non-hydrogen) atoms. The van der Waals surface area contributed by atoms with Gasteiger partial charge in [-0.1, -0.05) is 17.7 Å². The number of halogens is 1. The molecule has 0 N–H and O–H groups in total. The van der Waals surface area contributed by atoms with Crippen molar-refractivity contribution in [1.82, 2.24) is 19.4 Å². The Labute approximate surface area is 165 Å². The summed E-state index contributed by atoms with van der Waals surface area (Å²) in [5.41, 5.74) is 4.16. The third kappa shape index (κ3) is 4.57. The summed E-state index contributed by atoms with van der Waals surface area (Å²) < 4.78 is 2.12. The minimum atomic E-state index is 0.732. The fourth-order valence-electron chi connectivity index (χ4n) is 3.27. The maximum absolute atomic E-state index is 6.07. The van der Waals surface area contributed by atoms with Crippen LogP contribution >= 0.6 is 11.6 Å². The molecule has 2 aromatic heterocycles. The van der Waals surface area contributed by atoms with Crippen LogP contribution in [0.15, 0.2) is 48.8 Å². The van der Waals surface area contributed by atoms with Gasteiger partial charge in [-0.25, -0.2) is 4.98 Å². The smallest absolute Gasteiger partial charge is 0.163 e. The molecule has 140 valence electrons. The molecule has 4 nitrogen and oxygen atoms in total. The van der Waals surface area contributed by atoms with Gasteiger partial charge in [0.15, 0.2) is 5.82 Å². The molecule has 0 saturated heterocycles. The van der Waals surface area contributed by atoms with Gasteiger partial charge in [-0.2, -0.15) is 0 Å². The van der Waals surface area contributed by atoms with Gasteiger partial charge >= 0.3 is 0 Å². The Bertz CT molecular complexity index is 832. The molecule has 1 aliphatic rings. The van der Waals surface area contributed by atoms with Crippen molar-refractivity contribution in [2.45, 2.75) is 26.2 Å². The highest BCUT2D eigenvalue weighted by Gasteiger charge is 2.22. The van der Waals surface area contributed by atoms with Crippen molar-refractivity contribution in [3.8, 4) is 17.2 Å². The van der Waals surface area contributed by atoms with E-state index < -0.39 is 0 Å². The summed E-state index contributed by atoms with van der Waals surface area (Å²) in [6.07, 6.45) is 7.73. The van der Waals surface area contributed by atoms with Crippen molar-refractivity contribution < 1.29 is 0 Å². The predicted octanol–water partition coefficient (Wildman–Crippen LogP) is 4.78. The van der Waals surface area contributed by atoms with Crippen LogP contribution in [-0.2, 0) is 6.42 Å². The van der Waals surface area contributed by atoms with Crippen molar-refractivity contribution in [1.29, 1.82) is 0 Å². The molecule has 0 atom stereocenters. The van der Waals surface area contributed by atoms with Gasteiger partial charge in [-0.3, -0.25) is 9.55 Å². The first-order chi connectivity index (χ1) is 13.1. The molecule has 1 fully saturated rings. The Hall–Kier alpha value is -2.17. The maximum Gasteiger partial charge on any atom is 0.163 e. The number of likely N-dealkylation sites (N-methyl/N-ethyl adjacent to an activating group) is 1. The highest BCUT2D eigenvalue weighted by molar-refractivity contribution is 6.30. The lowest BCUT2D eigenvalue weighted by atomic mass is 10.2. The molecule has 0 spiro atoms. The van der Waals surface area contributed by atoms with E-state index in [0.717, 1.165) is 52.4 Å². The van der Waals surface area contributed by atoms with E-state index in [4.69, 9.17) is 16.6 Å². The highest BCUT2D eigenvalue weighted by Crippen LogP contribution is 2.29. The summed E-state index contributed by atoms with van der Waals surface area (Å²) in [5.74, 6) is 1.78. The molecule has 0 bridgehead atoms. The molecule has 0 amide bonds. The van der Waals surface area contributed by atoms with Crippen LogP contribution in [-0.4, -0.2) is 39.6 Å². The van der Waals surface area contributed by atoms with Crippen LogP contribution in [0.1, 0.15) is 24.1 Å². The number of rotatable bonds is 7. The first kappa shape index (κ1) is 18.2. The monoisotopic (exact) mass is 380 g/mol. The number of hydrogen-bond donors (Lipinski definition) is 0. The molecule has 2 heterocycles. The SMILES string of the molecule is Cc1ccc(-c2nc(CCN(C)CC3CC3)cn2-c2ccc(Cl)cc2)nc1. The van der Waals surface area contributed by atoms with Crippen LogP contribution in [0.2, 0.25) is 5.02 Å². The quantitative estimate of drug-likeness (QED) is 0.591. The number of benzene rings is 1. The van der Waals surface area contributed by atoms with Crippen LogP contribution in [0.4, 0.5) is 0 Å². The third-order valence-corrected chi connectivity index (χ3v) is 5.27. The summed E-state index contributed by atoms with van der Waals surface area (Å²) in [6.45, 7) is 4.27. The van der Waals surface area contributed by atoms with Gasteiger partial charge in [0.05, 0.1) is 5.69 Å². The molecular weight excluding hydrogens is 356 g/mol. The van der Waals surface area contributed by atoms with E-state index >= 15 is 0 Å². The van der Waals surface area contributed by atoms with E-state index in [0.29, 0.717) is 0 Å². The predicted molar refractivity (Wildman–Crippen MR) is 110 cm³/mol. The summed E-state index contributed by atoms with van der Waals surface area (Å²) in [5, 5.41) is 0.732. The van der Waals surface area contributed by atoms with Crippen LogP contribution in [0.3, 0.4) is 0 Å². The molecule has 1 aliphatic carbocycles. The fraction of sp³-hybridized carbons (Fsp3) is 0.364. The first-order valence-electron chi connectivity index (χ1n) is 9.54. The molecular formula is C22H25ClN4. The van der Waals surface area contributed by atoms with Crippen molar-refractivity contribution in [3.05, 3.63) is 65.1 Å². The third-order valence-electron chi connectivity index (χ3n) is 5.02. The van der Waals surface area contributed by atoms with Crippen LogP contribution < -0.4 is 0 Å². The van der Waals surface area contributed by atoms with Crippen molar-refractivity contribution >= 4 is 11.6 Å². The molecule has 1 aromatic carbocycles. The zero-order valence-electron chi connectivity index (χ0n) is 15.9. The van der Waals surface area contributed by atoms with Crippen LogP contribution in [0, 0.1) is 12.8 Å². The topological polar surface area (TPSA) is 34.0 Å². The van der Waals surface area contributed by atoms with Gasteiger partial charge in [-0.05, 0) is 68.6 Å². The van der Waals surface area contributed by atoms with Crippen LogP contribution in [0.5, 0.6) is 0 Å². The van der Waals surface area contributed by atoms with Gasteiger partial charge in [-0.15, -0.1) is 0 Å². The first-order valence-corrected chi connectivity index (χ1v) is 9.92. The van der Waals surface area contributed by atoms with E-state index in [-0.39, 0.29) is 0 Å². The summed E-state index contributed by atoms with van der Waals surface area (Å²) in [4.78, 5) is 11.9. The zero-order valence-corrected chi connectivity index (χ0v) is 16.7. The molecule has 0 unspecified atom stereocenters. The van der Waals surface area contributed by atoms with E-state index in [1.54, 1.807) is 0 Å².